The molecule has 0 N–H and O–H groups in total. The van der Waals surface area contributed by atoms with Crippen LogP contribution in [0.3, 0.4) is 0 Å². The Hall–Kier alpha value is -8.05. The second kappa shape index (κ2) is 17.3. The SMILES string of the molecule is C[C@@H]1C[C@@H]2C[C@H](C)CC(c3ccc(-c4cc(-c5ccc(C#N)cn5)cc(-c5nc(-c6ccc(-c7ccc(C#N)cc7)cc6)nc(-c6cccc(-c7ccc(C#N)cc7)c6)n5)c4)cc3)(C1)C2. The predicted molar refractivity (Wildman–Crippen MR) is 256 cm³/mol. The van der Waals surface area contributed by atoms with E-state index in [1.807, 2.05) is 97.1 Å². The molecule has 2 saturated carbocycles. The van der Waals surface area contributed by atoms with E-state index in [4.69, 9.17) is 19.9 Å². The Bertz CT molecular complexity index is 3150. The van der Waals surface area contributed by atoms with E-state index in [0.29, 0.717) is 34.2 Å². The summed E-state index contributed by atoms with van der Waals surface area (Å²) in [5.41, 5.74) is 13.5. The van der Waals surface area contributed by atoms with Gasteiger partial charge in [0.25, 0.3) is 0 Å². The first-order chi connectivity index (χ1) is 31.7. The third-order valence-electron chi connectivity index (χ3n) is 13.4. The summed E-state index contributed by atoms with van der Waals surface area (Å²) in [7, 11) is 0. The summed E-state index contributed by atoms with van der Waals surface area (Å²) in [4.78, 5) is 20.2. The van der Waals surface area contributed by atoms with E-state index in [-0.39, 0.29) is 5.41 Å². The van der Waals surface area contributed by atoms with Gasteiger partial charge in [-0.2, -0.15) is 15.8 Å². The lowest BCUT2D eigenvalue weighted by Gasteiger charge is -2.50. The second-order valence-electron chi connectivity index (χ2n) is 18.2. The Balaban J connectivity index is 1.10. The molecule has 0 spiro atoms. The number of hydrogen-bond donors (Lipinski definition) is 0. The summed E-state index contributed by atoms with van der Waals surface area (Å²) in [5, 5.41) is 28.3. The van der Waals surface area contributed by atoms with E-state index in [1.165, 1.54) is 37.7 Å². The zero-order valence-electron chi connectivity index (χ0n) is 36.4. The average molecular weight is 840 g/mol. The summed E-state index contributed by atoms with van der Waals surface area (Å²) >= 11 is 0. The molecule has 65 heavy (non-hydrogen) atoms. The number of pyridine rings is 1. The van der Waals surface area contributed by atoms with Crippen LogP contribution in [0.5, 0.6) is 0 Å². The number of nitrogens with zero attached hydrogens (tertiary/aromatic N) is 7. The van der Waals surface area contributed by atoms with E-state index in [9.17, 15) is 15.8 Å². The molecule has 2 fully saturated rings. The quantitative estimate of drug-likeness (QED) is 0.149. The maximum Gasteiger partial charge on any atom is 0.164 e. The van der Waals surface area contributed by atoms with Crippen molar-refractivity contribution < 1.29 is 0 Å². The Morgan fingerprint density at radius 3 is 1.46 bits per heavy atom. The lowest BCUT2D eigenvalue weighted by molar-refractivity contribution is 0.0780. The van der Waals surface area contributed by atoms with Gasteiger partial charge in [0.1, 0.15) is 6.07 Å². The highest BCUT2D eigenvalue weighted by atomic mass is 15.0. The van der Waals surface area contributed by atoms with Crippen molar-refractivity contribution in [1.29, 1.82) is 15.8 Å². The van der Waals surface area contributed by atoms with Gasteiger partial charge in [-0.1, -0.05) is 105 Å². The lowest BCUT2D eigenvalue weighted by Crippen LogP contribution is -2.42. The molecular formula is C58H45N7. The highest BCUT2D eigenvalue weighted by Crippen LogP contribution is 2.54. The van der Waals surface area contributed by atoms with Crippen LogP contribution in [0, 0.1) is 51.7 Å². The molecule has 1 unspecified atom stereocenters. The Labute approximate surface area is 380 Å². The smallest absolute Gasteiger partial charge is 0.164 e. The van der Waals surface area contributed by atoms with Crippen LogP contribution in [0.4, 0.5) is 0 Å². The third-order valence-corrected chi connectivity index (χ3v) is 13.4. The standard InChI is InChI=1S/C58H45N7/c1-37-24-42-25-38(2)31-58(30-37,32-42)53-21-19-46(20-22-53)50-27-51(54-23-10-41(35-61)36-62-54)29-52(28-50)57-64-55(47-17-15-44(16-18-47)43-11-6-39(33-59)7-12-43)63-56(65-57)49-5-3-4-48(26-49)45-13-8-40(34-60)9-14-45/h3-23,26-29,36-38,42H,24-25,30-32H2,1-2H3/t37-,38+,42-,58?. The fraction of sp³-hybridized carbons (Fsp3) is 0.190. The molecule has 2 aliphatic rings. The van der Waals surface area contributed by atoms with Gasteiger partial charge in [0.15, 0.2) is 17.5 Å². The molecule has 0 aliphatic heterocycles. The van der Waals surface area contributed by atoms with Crippen LogP contribution in [0.25, 0.3) is 78.8 Å². The van der Waals surface area contributed by atoms with Crippen LogP contribution in [0.2, 0.25) is 0 Å². The predicted octanol–water partition coefficient (Wildman–Crippen LogP) is 13.7. The summed E-state index contributed by atoms with van der Waals surface area (Å²) in [6, 6.07) is 57.4. The topological polar surface area (TPSA) is 123 Å². The maximum atomic E-state index is 9.59. The molecule has 7 heteroatoms. The molecule has 8 aromatic rings. The number of benzene rings is 6. The van der Waals surface area contributed by atoms with E-state index in [0.717, 1.165) is 79.1 Å². The van der Waals surface area contributed by atoms with Crippen molar-refractivity contribution in [2.75, 3.05) is 0 Å². The van der Waals surface area contributed by atoms with E-state index in [1.54, 1.807) is 12.3 Å². The molecule has 0 saturated heterocycles. The van der Waals surface area contributed by atoms with Crippen LogP contribution in [-0.2, 0) is 5.41 Å². The highest BCUT2D eigenvalue weighted by Gasteiger charge is 2.45. The summed E-state index contributed by atoms with van der Waals surface area (Å²) in [5.74, 6) is 3.81. The van der Waals surface area contributed by atoms with Crippen molar-refractivity contribution >= 4 is 0 Å². The average Bonchev–Trinajstić information content (AvgIpc) is 3.36. The molecule has 0 radical (unpaired) electrons. The van der Waals surface area contributed by atoms with Gasteiger partial charge >= 0.3 is 0 Å². The molecule has 312 valence electrons. The van der Waals surface area contributed by atoms with Crippen molar-refractivity contribution in [3.05, 3.63) is 180 Å². The molecule has 0 amide bonds. The molecule has 2 aromatic heterocycles. The molecular weight excluding hydrogens is 795 g/mol. The van der Waals surface area contributed by atoms with Crippen LogP contribution >= 0.6 is 0 Å². The summed E-state index contributed by atoms with van der Waals surface area (Å²) < 4.78 is 0. The number of nitriles is 3. The lowest BCUT2D eigenvalue weighted by atomic mass is 9.54. The molecule has 2 aliphatic carbocycles. The van der Waals surface area contributed by atoms with E-state index in [2.05, 4.69) is 80.6 Å². The fourth-order valence-electron chi connectivity index (χ4n) is 10.7. The van der Waals surface area contributed by atoms with Crippen molar-refractivity contribution in [2.45, 2.75) is 51.4 Å². The Kier molecular flexibility index (Phi) is 10.9. The highest BCUT2D eigenvalue weighted by molar-refractivity contribution is 5.80. The van der Waals surface area contributed by atoms with E-state index < -0.39 is 0 Å². The van der Waals surface area contributed by atoms with Crippen molar-refractivity contribution in [3.8, 4) is 97.0 Å². The largest absolute Gasteiger partial charge is 0.255 e. The van der Waals surface area contributed by atoms with Crippen molar-refractivity contribution in [3.63, 3.8) is 0 Å². The molecule has 6 aromatic carbocycles. The van der Waals surface area contributed by atoms with Gasteiger partial charge in [-0.3, -0.25) is 4.98 Å². The van der Waals surface area contributed by atoms with Gasteiger partial charge in [0.05, 0.1) is 34.5 Å². The van der Waals surface area contributed by atoms with Gasteiger partial charge in [0.2, 0.25) is 0 Å². The van der Waals surface area contributed by atoms with Gasteiger partial charge in [0, 0.05) is 28.5 Å². The number of hydrogen-bond acceptors (Lipinski definition) is 7. The second-order valence-corrected chi connectivity index (χ2v) is 18.2. The molecule has 7 nitrogen and oxygen atoms in total. The first-order valence-corrected chi connectivity index (χ1v) is 22.4. The van der Waals surface area contributed by atoms with Gasteiger partial charge in [-0.15, -0.1) is 0 Å². The zero-order chi connectivity index (χ0) is 44.5. The zero-order valence-corrected chi connectivity index (χ0v) is 36.4. The molecule has 2 bridgehead atoms. The Morgan fingerprint density at radius 1 is 0.431 bits per heavy atom. The van der Waals surface area contributed by atoms with Gasteiger partial charge in [-0.05, 0) is 155 Å². The minimum Gasteiger partial charge on any atom is -0.255 e. The number of rotatable bonds is 8. The van der Waals surface area contributed by atoms with Gasteiger partial charge in [-0.25, -0.2) is 15.0 Å². The van der Waals surface area contributed by atoms with Crippen molar-refractivity contribution in [2.24, 2.45) is 17.8 Å². The normalized spacial score (nSPS) is 18.8. The van der Waals surface area contributed by atoms with Crippen LogP contribution in [0.1, 0.15) is 68.2 Å². The first kappa shape index (κ1) is 41.0. The van der Waals surface area contributed by atoms with Crippen LogP contribution < -0.4 is 0 Å². The van der Waals surface area contributed by atoms with Crippen LogP contribution in [0.15, 0.2) is 158 Å². The summed E-state index contributed by atoms with van der Waals surface area (Å²) in [6.45, 7) is 4.87. The van der Waals surface area contributed by atoms with Crippen LogP contribution in [-0.4, -0.2) is 19.9 Å². The molecule has 2 heterocycles. The molecule has 10 rings (SSSR count). The molecule has 4 atom stereocenters. The van der Waals surface area contributed by atoms with Gasteiger partial charge < -0.3 is 0 Å². The number of aromatic nitrogens is 4. The number of fused-ring (bicyclic) bond motifs is 2. The van der Waals surface area contributed by atoms with E-state index >= 15 is 0 Å². The Morgan fingerprint density at radius 2 is 0.877 bits per heavy atom. The monoisotopic (exact) mass is 839 g/mol. The maximum absolute atomic E-state index is 9.59. The fourth-order valence-corrected chi connectivity index (χ4v) is 10.7. The minimum atomic E-state index is 0.229. The van der Waals surface area contributed by atoms with Crippen molar-refractivity contribution in [1.82, 2.24) is 19.9 Å². The summed E-state index contributed by atoms with van der Waals surface area (Å²) in [6.07, 6.45) is 8.07. The first-order valence-electron chi connectivity index (χ1n) is 22.4. The third kappa shape index (κ3) is 8.43. The minimum absolute atomic E-state index is 0.229.